The molecular weight excluding hydrogens is 332 g/mol. The molecule has 0 aromatic heterocycles. The predicted octanol–water partition coefficient (Wildman–Crippen LogP) is 1.96. The van der Waals surface area contributed by atoms with Crippen LogP contribution >= 0.6 is 0 Å². The summed E-state index contributed by atoms with van der Waals surface area (Å²) in [6, 6.07) is 5.72. The molecule has 0 heterocycles. The summed E-state index contributed by atoms with van der Waals surface area (Å²) >= 11 is 0. The van der Waals surface area contributed by atoms with E-state index in [4.69, 9.17) is 25.7 Å². The smallest absolute Gasteiger partial charge is 0.161 e. The van der Waals surface area contributed by atoms with Crippen LogP contribution < -0.4 is 20.9 Å². The van der Waals surface area contributed by atoms with Crippen LogP contribution in [0.25, 0.3) is 0 Å². The van der Waals surface area contributed by atoms with E-state index in [-0.39, 0.29) is 12.6 Å². The Labute approximate surface area is 157 Å². The maximum Gasteiger partial charge on any atom is 0.161 e. The van der Waals surface area contributed by atoms with E-state index in [9.17, 15) is 5.11 Å². The standard InChI is InChI=1S/C20H36N2O4/c1-14(2)16(12-17(22)18(23)13-21)10-15-6-7-19(25-4)20(11-15)26-9-5-8-24-3/h6-7,11,14,16-18,23H,5,8-10,12-13,21-22H2,1-4H3/t16-,17-,18-/m0/s1. The number of aliphatic hydroxyl groups excluding tert-OH is 1. The molecule has 0 unspecified atom stereocenters. The lowest BCUT2D eigenvalue weighted by Crippen LogP contribution is -2.42. The fourth-order valence-electron chi connectivity index (χ4n) is 2.92. The van der Waals surface area contributed by atoms with E-state index in [1.54, 1.807) is 14.2 Å². The van der Waals surface area contributed by atoms with Crippen molar-refractivity contribution in [1.29, 1.82) is 0 Å². The largest absolute Gasteiger partial charge is 0.493 e. The molecule has 0 radical (unpaired) electrons. The van der Waals surface area contributed by atoms with Crippen LogP contribution in [-0.2, 0) is 11.2 Å². The SMILES string of the molecule is COCCCOc1cc(C[C@@H](C[C@H](N)[C@@H](O)CN)C(C)C)ccc1OC. The molecule has 0 saturated carbocycles. The minimum Gasteiger partial charge on any atom is -0.493 e. The molecule has 6 heteroatoms. The van der Waals surface area contributed by atoms with Crippen molar-refractivity contribution in [2.24, 2.45) is 23.3 Å². The molecule has 0 aliphatic heterocycles. The fourth-order valence-corrected chi connectivity index (χ4v) is 2.92. The first-order valence-electron chi connectivity index (χ1n) is 9.35. The lowest BCUT2D eigenvalue weighted by molar-refractivity contribution is 0.133. The number of aliphatic hydroxyl groups is 1. The predicted molar refractivity (Wildman–Crippen MR) is 105 cm³/mol. The van der Waals surface area contributed by atoms with Gasteiger partial charge in [-0.05, 0) is 42.4 Å². The third-order valence-electron chi connectivity index (χ3n) is 4.73. The number of benzene rings is 1. The number of hydrogen-bond donors (Lipinski definition) is 3. The zero-order valence-electron chi connectivity index (χ0n) is 16.6. The average Bonchev–Trinajstić information content (AvgIpc) is 2.63. The molecule has 5 N–H and O–H groups in total. The molecule has 0 bridgehead atoms. The third kappa shape index (κ3) is 7.50. The molecule has 1 aromatic rings. The van der Waals surface area contributed by atoms with Crippen LogP contribution in [0, 0.1) is 11.8 Å². The Morgan fingerprint density at radius 2 is 1.85 bits per heavy atom. The van der Waals surface area contributed by atoms with Gasteiger partial charge in [0, 0.05) is 32.7 Å². The normalized spacial score (nSPS) is 14.9. The zero-order valence-corrected chi connectivity index (χ0v) is 16.6. The first kappa shape index (κ1) is 22.7. The van der Waals surface area contributed by atoms with Gasteiger partial charge in [-0.25, -0.2) is 0 Å². The van der Waals surface area contributed by atoms with Gasteiger partial charge in [-0.2, -0.15) is 0 Å². The highest BCUT2D eigenvalue weighted by molar-refractivity contribution is 5.43. The minimum atomic E-state index is -0.660. The summed E-state index contributed by atoms with van der Waals surface area (Å²) in [5.74, 6) is 2.26. The van der Waals surface area contributed by atoms with Crippen molar-refractivity contribution in [3.63, 3.8) is 0 Å². The Morgan fingerprint density at radius 1 is 1.12 bits per heavy atom. The van der Waals surface area contributed by atoms with Crippen molar-refractivity contribution >= 4 is 0 Å². The average molecular weight is 369 g/mol. The molecule has 0 aliphatic rings. The summed E-state index contributed by atoms with van der Waals surface area (Å²) < 4.78 is 16.3. The van der Waals surface area contributed by atoms with Gasteiger partial charge in [-0.15, -0.1) is 0 Å². The molecule has 0 fully saturated rings. The number of hydrogen-bond acceptors (Lipinski definition) is 6. The van der Waals surface area contributed by atoms with Gasteiger partial charge in [-0.1, -0.05) is 19.9 Å². The summed E-state index contributed by atoms with van der Waals surface area (Å²) in [5.41, 5.74) is 12.8. The van der Waals surface area contributed by atoms with E-state index >= 15 is 0 Å². The van der Waals surface area contributed by atoms with Gasteiger partial charge in [0.1, 0.15) is 0 Å². The van der Waals surface area contributed by atoms with Crippen molar-refractivity contribution in [3.05, 3.63) is 23.8 Å². The molecular formula is C20H36N2O4. The van der Waals surface area contributed by atoms with Crippen molar-refractivity contribution in [1.82, 2.24) is 0 Å². The highest BCUT2D eigenvalue weighted by Gasteiger charge is 2.22. The maximum absolute atomic E-state index is 9.88. The maximum atomic E-state index is 9.88. The third-order valence-corrected chi connectivity index (χ3v) is 4.73. The first-order chi connectivity index (χ1) is 12.4. The molecule has 0 spiro atoms. The van der Waals surface area contributed by atoms with E-state index < -0.39 is 6.10 Å². The van der Waals surface area contributed by atoms with Gasteiger partial charge in [0.25, 0.3) is 0 Å². The van der Waals surface area contributed by atoms with Gasteiger partial charge in [0.05, 0.1) is 19.8 Å². The van der Waals surface area contributed by atoms with Crippen molar-refractivity contribution in [2.75, 3.05) is 34.0 Å². The fraction of sp³-hybridized carbons (Fsp3) is 0.700. The van der Waals surface area contributed by atoms with Crippen molar-refractivity contribution in [2.45, 2.75) is 45.3 Å². The summed E-state index contributed by atoms with van der Waals surface area (Å²) in [6.45, 7) is 5.79. The van der Waals surface area contributed by atoms with Crippen LogP contribution in [0.3, 0.4) is 0 Å². The highest BCUT2D eigenvalue weighted by Crippen LogP contribution is 2.31. The molecule has 0 saturated heterocycles. The molecule has 0 amide bonds. The number of ether oxygens (including phenoxy) is 3. The molecule has 1 rings (SSSR count). The molecule has 3 atom stereocenters. The Hall–Kier alpha value is -1.34. The Bertz CT molecular complexity index is 511. The van der Waals surface area contributed by atoms with E-state index in [2.05, 4.69) is 19.9 Å². The molecule has 6 nitrogen and oxygen atoms in total. The Kier molecular flexibility index (Phi) is 10.6. The zero-order chi connectivity index (χ0) is 19.5. The lowest BCUT2D eigenvalue weighted by atomic mass is 9.83. The lowest BCUT2D eigenvalue weighted by Gasteiger charge is -2.27. The van der Waals surface area contributed by atoms with Gasteiger partial charge >= 0.3 is 0 Å². The monoisotopic (exact) mass is 368 g/mol. The number of nitrogens with two attached hydrogens (primary N) is 2. The summed E-state index contributed by atoms with van der Waals surface area (Å²) in [7, 11) is 3.32. The second-order valence-corrected chi connectivity index (χ2v) is 7.09. The van der Waals surface area contributed by atoms with E-state index in [1.807, 2.05) is 12.1 Å². The number of methoxy groups -OCH3 is 2. The van der Waals surface area contributed by atoms with Gasteiger partial charge in [0.2, 0.25) is 0 Å². The first-order valence-corrected chi connectivity index (χ1v) is 9.35. The van der Waals surface area contributed by atoms with Gasteiger partial charge in [0.15, 0.2) is 11.5 Å². The highest BCUT2D eigenvalue weighted by atomic mass is 16.5. The van der Waals surface area contributed by atoms with E-state index in [0.29, 0.717) is 25.0 Å². The molecule has 0 aliphatic carbocycles. The minimum absolute atomic E-state index is 0.188. The van der Waals surface area contributed by atoms with Gasteiger partial charge in [-0.3, -0.25) is 0 Å². The van der Waals surface area contributed by atoms with E-state index in [1.165, 1.54) is 5.56 Å². The second kappa shape index (κ2) is 12.1. The topological polar surface area (TPSA) is 100.0 Å². The molecule has 1 aromatic carbocycles. The van der Waals surface area contributed by atoms with Crippen LogP contribution in [0.1, 0.15) is 32.3 Å². The van der Waals surface area contributed by atoms with E-state index in [0.717, 1.165) is 30.8 Å². The molecule has 26 heavy (non-hydrogen) atoms. The van der Waals surface area contributed by atoms with Gasteiger partial charge < -0.3 is 30.8 Å². The summed E-state index contributed by atoms with van der Waals surface area (Å²) in [4.78, 5) is 0. The quantitative estimate of drug-likeness (QED) is 0.460. The molecule has 150 valence electrons. The van der Waals surface area contributed by atoms with Crippen molar-refractivity contribution in [3.8, 4) is 11.5 Å². The Balaban J connectivity index is 2.81. The van der Waals surface area contributed by atoms with Crippen molar-refractivity contribution < 1.29 is 19.3 Å². The summed E-state index contributed by atoms with van der Waals surface area (Å²) in [5, 5.41) is 9.88. The second-order valence-electron chi connectivity index (χ2n) is 7.09. The van der Waals surface area contributed by atoms with Crippen LogP contribution in [0.5, 0.6) is 11.5 Å². The van der Waals surface area contributed by atoms with Crippen LogP contribution in [0.4, 0.5) is 0 Å². The summed E-state index contributed by atoms with van der Waals surface area (Å²) in [6.07, 6.45) is 1.75. The van der Waals surface area contributed by atoms with Crippen LogP contribution in [0.15, 0.2) is 18.2 Å². The number of rotatable bonds is 13. The van der Waals surface area contributed by atoms with Crippen LogP contribution in [0.2, 0.25) is 0 Å². The van der Waals surface area contributed by atoms with Crippen LogP contribution in [-0.4, -0.2) is 51.2 Å². The Morgan fingerprint density at radius 3 is 2.42 bits per heavy atom.